The van der Waals surface area contributed by atoms with E-state index in [0.717, 1.165) is 12.6 Å². The van der Waals surface area contributed by atoms with Crippen molar-refractivity contribution in [1.82, 2.24) is 10.2 Å². The lowest BCUT2D eigenvalue weighted by molar-refractivity contribution is -0.136. The Balaban J connectivity index is 2.53. The molecule has 0 unspecified atom stereocenters. The average Bonchev–Trinajstić information content (AvgIpc) is 2.43. The van der Waals surface area contributed by atoms with Crippen LogP contribution in [0.2, 0.25) is 0 Å². The molecule has 0 atom stereocenters. The number of nitrogens with zero attached hydrogens (tertiary/aromatic N) is 1. The number of halogens is 3. The van der Waals surface area contributed by atoms with Gasteiger partial charge in [0.2, 0.25) is 0 Å². The highest BCUT2D eigenvalue weighted by Gasteiger charge is 2.18. The van der Waals surface area contributed by atoms with Gasteiger partial charge in [-0.3, -0.25) is 9.59 Å². The van der Waals surface area contributed by atoms with Crippen LogP contribution in [0.15, 0.2) is 12.1 Å². The molecule has 116 valence electrons. The second kappa shape index (κ2) is 7.63. The molecule has 0 radical (unpaired) electrons. The smallest absolute Gasteiger partial charge is 0.313 e. The maximum Gasteiger partial charge on any atom is 0.313 e. The highest BCUT2D eigenvalue weighted by Crippen LogP contribution is 2.19. The zero-order valence-corrected chi connectivity index (χ0v) is 11.7. The first-order valence-corrected chi connectivity index (χ1v) is 6.20. The van der Waals surface area contributed by atoms with Crippen LogP contribution in [0.5, 0.6) is 0 Å². The summed E-state index contributed by atoms with van der Waals surface area (Å²) in [6.07, 6.45) is 0.631. The number of nitrogens with one attached hydrogen (secondary N) is 2. The monoisotopic (exact) mass is 303 g/mol. The minimum atomic E-state index is -1.71. The topological polar surface area (TPSA) is 61.4 Å². The van der Waals surface area contributed by atoms with Crippen molar-refractivity contribution in [2.75, 3.05) is 32.5 Å². The van der Waals surface area contributed by atoms with Crippen LogP contribution < -0.4 is 10.6 Å². The van der Waals surface area contributed by atoms with Crippen molar-refractivity contribution in [1.29, 1.82) is 0 Å². The van der Waals surface area contributed by atoms with Gasteiger partial charge in [-0.25, -0.2) is 13.2 Å². The first kappa shape index (κ1) is 17.0. The Morgan fingerprint density at radius 1 is 1.10 bits per heavy atom. The molecule has 2 N–H and O–H groups in total. The molecule has 0 fully saturated rings. The molecule has 0 aliphatic rings. The van der Waals surface area contributed by atoms with E-state index >= 15 is 0 Å². The average molecular weight is 303 g/mol. The highest BCUT2D eigenvalue weighted by molar-refractivity contribution is 6.39. The Bertz CT molecular complexity index is 536. The second-order valence-corrected chi connectivity index (χ2v) is 4.59. The van der Waals surface area contributed by atoms with Crippen molar-refractivity contribution < 1.29 is 22.8 Å². The predicted molar refractivity (Wildman–Crippen MR) is 71.1 cm³/mol. The van der Waals surface area contributed by atoms with Crippen LogP contribution in [0.1, 0.15) is 6.42 Å². The lowest BCUT2D eigenvalue weighted by Crippen LogP contribution is -2.36. The summed E-state index contributed by atoms with van der Waals surface area (Å²) in [6, 6.07) is 1.49. The number of benzene rings is 1. The van der Waals surface area contributed by atoms with E-state index < -0.39 is 35.0 Å². The van der Waals surface area contributed by atoms with Crippen LogP contribution in [0.3, 0.4) is 0 Å². The molecule has 0 aliphatic carbocycles. The Morgan fingerprint density at radius 3 is 2.38 bits per heavy atom. The molecule has 0 aromatic heterocycles. The number of rotatable bonds is 5. The normalized spacial score (nSPS) is 10.6. The van der Waals surface area contributed by atoms with Crippen molar-refractivity contribution in [2.45, 2.75) is 6.42 Å². The van der Waals surface area contributed by atoms with E-state index in [9.17, 15) is 22.8 Å². The first-order chi connectivity index (χ1) is 9.82. The molecule has 0 aliphatic heterocycles. The lowest BCUT2D eigenvalue weighted by atomic mass is 10.2. The Kier molecular flexibility index (Phi) is 6.16. The van der Waals surface area contributed by atoms with Crippen LogP contribution in [0, 0.1) is 17.5 Å². The minimum absolute atomic E-state index is 0.269. The lowest BCUT2D eigenvalue weighted by Gasteiger charge is -2.10. The summed E-state index contributed by atoms with van der Waals surface area (Å²) in [5, 5.41) is 4.22. The summed E-state index contributed by atoms with van der Waals surface area (Å²) in [5.74, 6) is -6.76. The van der Waals surface area contributed by atoms with E-state index in [1.54, 1.807) is 0 Å². The number of hydrogen-bond acceptors (Lipinski definition) is 3. The van der Waals surface area contributed by atoms with E-state index in [1.807, 2.05) is 24.3 Å². The first-order valence-electron chi connectivity index (χ1n) is 6.20. The van der Waals surface area contributed by atoms with Gasteiger partial charge in [-0.2, -0.15) is 0 Å². The van der Waals surface area contributed by atoms with Gasteiger partial charge in [0.25, 0.3) is 0 Å². The van der Waals surface area contributed by atoms with E-state index in [0.29, 0.717) is 12.5 Å². The number of carbonyl (C=O) groups is 2. The third kappa shape index (κ3) is 5.07. The zero-order chi connectivity index (χ0) is 16.0. The molecule has 1 aromatic rings. The summed E-state index contributed by atoms with van der Waals surface area (Å²) in [6.45, 7) is 0.990. The standard InChI is InChI=1S/C13H16F3N3O2/c1-19(2)7-3-6-17-12(20)13(21)18-9-5-4-8(14)10(15)11(9)16/h4-5H,3,6-7H2,1-2H3,(H,17,20)(H,18,21). The molecule has 1 rings (SSSR count). The van der Waals surface area contributed by atoms with Crippen molar-refractivity contribution in [3.8, 4) is 0 Å². The molecule has 0 heterocycles. The summed E-state index contributed by atoms with van der Waals surface area (Å²) in [5.41, 5.74) is -0.595. The van der Waals surface area contributed by atoms with Crippen LogP contribution in [0.25, 0.3) is 0 Å². The van der Waals surface area contributed by atoms with Crippen LogP contribution in [-0.2, 0) is 9.59 Å². The fraction of sp³-hybridized carbons (Fsp3) is 0.385. The SMILES string of the molecule is CN(C)CCCNC(=O)C(=O)Nc1ccc(F)c(F)c1F. The fourth-order valence-corrected chi connectivity index (χ4v) is 1.48. The van der Waals surface area contributed by atoms with Crippen LogP contribution >= 0.6 is 0 Å². The molecule has 1 aromatic carbocycles. The quantitative estimate of drug-likeness (QED) is 0.487. The van der Waals surface area contributed by atoms with Crippen LogP contribution in [0.4, 0.5) is 18.9 Å². The predicted octanol–water partition coefficient (Wildman–Crippen LogP) is 1.11. The Labute approximate surface area is 120 Å². The molecule has 0 saturated carbocycles. The zero-order valence-electron chi connectivity index (χ0n) is 11.7. The van der Waals surface area contributed by atoms with Gasteiger partial charge in [0.1, 0.15) is 0 Å². The molecule has 21 heavy (non-hydrogen) atoms. The number of hydrogen-bond donors (Lipinski definition) is 2. The fourth-order valence-electron chi connectivity index (χ4n) is 1.48. The maximum absolute atomic E-state index is 13.3. The van der Waals surface area contributed by atoms with Gasteiger partial charge >= 0.3 is 11.8 Å². The summed E-state index contributed by atoms with van der Waals surface area (Å²) in [4.78, 5) is 24.8. The van der Waals surface area contributed by atoms with Crippen molar-refractivity contribution in [2.24, 2.45) is 0 Å². The van der Waals surface area contributed by atoms with Gasteiger partial charge in [0, 0.05) is 6.54 Å². The Morgan fingerprint density at radius 2 is 1.76 bits per heavy atom. The molecule has 0 spiro atoms. The number of carbonyl (C=O) groups excluding carboxylic acids is 2. The van der Waals surface area contributed by atoms with Crippen molar-refractivity contribution >= 4 is 17.5 Å². The van der Waals surface area contributed by atoms with E-state index in [-0.39, 0.29) is 6.54 Å². The summed E-state index contributed by atoms with van der Waals surface area (Å²) >= 11 is 0. The van der Waals surface area contributed by atoms with E-state index in [4.69, 9.17) is 0 Å². The van der Waals surface area contributed by atoms with Gasteiger partial charge in [0.15, 0.2) is 17.5 Å². The third-order valence-electron chi connectivity index (χ3n) is 2.56. The third-order valence-corrected chi connectivity index (χ3v) is 2.56. The highest BCUT2D eigenvalue weighted by atomic mass is 19.2. The maximum atomic E-state index is 13.3. The van der Waals surface area contributed by atoms with Gasteiger partial charge in [-0.15, -0.1) is 0 Å². The summed E-state index contributed by atoms with van der Waals surface area (Å²) in [7, 11) is 3.72. The number of anilines is 1. The molecule has 0 saturated heterocycles. The largest absolute Gasteiger partial charge is 0.348 e. The van der Waals surface area contributed by atoms with Gasteiger partial charge < -0.3 is 15.5 Å². The molecule has 0 bridgehead atoms. The van der Waals surface area contributed by atoms with Crippen molar-refractivity contribution in [3.05, 3.63) is 29.6 Å². The van der Waals surface area contributed by atoms with Gasteiger partial charge in [-0.05, 0) is 39.2 Å². The van der Waals surface area contributed by atoms with Gasteiger partial charge in [-0.1, -0.05) is 0 Å². The summed E-state index contributed by atoms with van der Waals surface area (Å²) < 4.78 is 39.0. The van der Waals surface area contributed by atoms with Gasteiger partial charge in [0.05, 0.1) is 5.69 Å². The van der Waals surface area contributed by atoms with E-state index in [1.165, 1.54) is 0 Å². The van der Waals surface area contributed by atoms with Crippen molar-refractivity contribution in [3.63, 3.8) is 0 Å². The number of amides is 2. The second-order valence-electron chi connectivity index (χ2n) is 4.59. The van der Waals surface area contributed by atoms with Crippen LogP contribution in [-0.4, -0.2) is 43.9 Å². The molecular weight excluding hydrogens is 287 g/mol. The molecule has 8 heteroatoms. The molecular formula is C13H16F3N3O2. The molecule has 5 nitrogen and oxygen atoms in total. The van der Waals surface area contributed by atoms with E-state index in [2.05, 4.69) is 5.32 Å². The Hall–Kier alpha value is -2.09. The molecule has 2 amide bonds. The minimum Gasteiger partial charge on any atom is -0.348 e.